The van der Waals surface area contributed by atoms with Crippen LogP contribution in [0, 0.1) is 10.1 Å². The minimum absolute atomic E-state index is 0. The van der Waals surface area contributed by atoms with Crippen LogP contribution in [-0.2, 0) is 0 Å². The molecular formula is C9H7N2NaO5. The van der Waals surface area contributed by atoms with Gasteiger partial charge in [0.15, 0.2) is 0 Å². The number of carbonyl (C=O) groups is 1. The molecule has 84 valence electrons. The van der Waals surface area contributed by atoms with Crippen LogP contribution in [0.25, 0.3) is 0 Å². The van der Waals surface area contributed by atoms with Crippen LogP contribution in [0.2, 0.25) is 0 Å². The summed E-state index contributed by atoms with van der Waals surface area (Å²) in [6.07, 6.45) is 0. The number of nitrogens with zero attached hydrogens (tertiary/aromatic N) is 2. The van der Waals surface area contributed by atoms with Gasteiger partial charge in [0.05, 0.1) is 10.6 Å². The first-order chi connectivity index (χ1) is 7.41. The number of carboxylic acids is 1. The first-order valence-electron chi connectivity index (χ1n) is 4.16. The molecule has 0 aliphatic rings. The van der Waals surface area contributed by atoms with Crippen molar-refractivity contribution < 1.29 is 49.5 Å². The first-order valence-corrected chi connectivity index (χ1v) is 4.16. The molecule has 1 N–H and O–H groups in total. The molecule has 0 bridgehead atoms. The van der Waals surface area contributed by atoms with Gasteiger partial charge in [-0.3, -0.25) is 15.1 Å². The van der Waals surface area contributed by atoms with Crippen molar-refractivity contribution in [1.29, 1.82) is 0 Å². The van der Waals surface area contributed by atoms with Crippen molar-refractivity contribution in [3.8, 4) is 0 Å². The Balaban J connectivity index is 0.00000256. The molecule has 1 aromatic carbocycles. The molecule has 0 unspecified atom stereocenters. The largest absolute Gasteiger partial charge is 1.00 e. The molecule has 8 heteroatoms. The summed E-state index contributed by atoms with van der Waals surface area (Å²) in [5.74, 6) is -1.95. The normalized spacial score (nSPS) is 10.5. The summed E-state index contributed by atoms with van der Waals surface area (Å²) < 4.78 is 0. The molecule has 0 saturated carbocycles. The summed E-state index contributed by atoms with van der Waals surface area (Å²) in [7, 11) is 0. The average Bonchev–Trinajstić information content (AvgIpc) is 2.16. The molecule has 0 aliphatic heterocycles. The Morgan fingerprint density at radius 2 is 2.06 bits per heavy atom. The van der Waals surface area contributed by atoms with Gasteiger partial charge in [-0.2, -0.15) is 0 Å². The summed E-state index contributed by atoms with van der Waals surface area (Å²) in [5, 5.41) is 29.9. The number of hydrogen-bond acceptors (Lipinski definition) is 5. The second-order valence-electron chi connectivity index (χ2n) is 2.89. The van der Waals surface area contributed by atoms with Crippen LogP contribution in [0.15, 0.2) is 23.2 Å². The van der Waals surface area contributed by atoms with Gasteiger partial charge in [-0.1, -0.05) is 0 Å². The van der Waals surface area contributed by atoms with E-state index in [0.717, 1.165) is 12.1 Å². The van der Waals surface area contributed by atoms with Crippen molar-refractivity contribution in [2.45, 2.75) is 6.92 Å². The summed E-state index contributed by atoms with van der Waals surface area (Å²) in [6, 6.07) is 3.21. The van der Waals surface area contributed by atoms with E-state index in [1.54, 1.807) is 0 Å². The predicted molar refractivity (Wildman–Crippen MR) is 52.8 cm³/mol. The van der Waals surface area contributed by atoms with Gasteiger partial charge in [0.25, 0.3) is 5.69 Å². The smallest absolute Gasteiger partial charge is 0.862 e. The summed E-state index contributed by atoms with van der Waals surface area (Å²) in [4.78, 5) is 23.9. The molecule has 0 fully saturated rings. The van der Waals surface area contributed by atoms with E-state index in [1.807, 2.05) is 0 Å². The van der Waals surface area contributed by atoms with E-state index in [9.17, 15) is 20.0 Å². The molecule has 7 nitrogen and oxygen atoms in total. The number of nitro benzene ring substituents is 1. The second kappa shape index (κ2) is 6.33. The van der Waals surface area contributed by atoms with E-state index < -0.39 is 28.0 Å². The van der Waals surface area contributed by atoms with Crippen LogP contribution in [-0.4, -0.2) is 21.9 Å². The zero-order valence-corrected chi connectivity index (χ0v) is 11.2. The third kappa shape index (κ3) is 4.14. The van der Waals surface area contributed by atoms with Crippen LogP contribution >= 0.6 is 0 Å². The van der Waals surface area contributed by atoms with E-state index >= 15 is 0 Å². The number of aromatic carboxylic acids is 1. The molecule has 0 spiro atoms. The van der Waals surface area contributed by atoms with Crippen LogP contribution in [0.1, 0.15) is 17.3 Å². The number of carboxylic acid groups (broad SMARTS) is 1. The first kappa shape index (κ1) is 15.6. The fourth-order valence-electron chi connectivity index (χ4n) is 1.11. The van der Waals surface area contributed by atoms with E-state index in [2.05, 4.69) is 4.99 Å². The van der Waals surface area contributed by atoms with Crippen molar-refractivity contribution in [2.75, 3.05) is 0 Å². The van der Waals surface area contributed by atoms with Crippen molar-refractivity contribution in [3.63, 3.8) is 0 Å². The molecule has 0 amide bonds. The molecule has 1 rings (SSSR count). The quantitative estimate of drug-likeness (QED) is 0.212. The maximum atomic E-state index is 10.7. The SMILES string of the molecule is CC([O-])=Nc1ccc([N+](=O)[O-])c(C(=O)O)c1.[Na+]. The molecule has 0 heterocycles. The summed E-state index contributed by atoms with van der Waals surface area (Å²) in [6.45, 7) is 1.20. The standard InChI is InChI=1S/C9H8N2O5.Na/c1-5(12)10-6-2-3-8(11(15)16)7(4-6)9(13)14;/h2-4H,1H3,(H,10,12)(H,13,14);/q;+1/p-1. The van der Waals surface area contributed by atoms with Crippen molar-refractivity contribution >= 4 is 23.2 Å². The van der Waals surface area contributed by atoms with Gasteiger partial charge in [-0.05, 0) is 25.0 Å². The van der Waals surface area contributed by atoms with Crippen molar-refractivity contribution in [1.82, 2.24) is 0 Å². The van der Waals surface area contributed by atoms with Gasteiger partial charge in [0.2, 0.25) is 0 Å². The van der Waals surface area contributed by atoms with Gasteiger partial charge in [-0.15, -0.1) is 0 Å². The molecule has 17 heavy (non-hydrogen) atoms. The molecule has 0 radical (unpaired) electrons. The average molecular weight is 246 g/mol. The van der Waals surface area contributed by atoms with Crippen LogP contribution in [0.3, 0.4) is 0 Å². The number of aliphatic imine (C=N–C) groups is 1. The Hall–Kier alpha value is -1.44. The Labute approximate surface area is 118 Å². The van der Waals surface area contributed by atoms with E-state index in [4.69, 9.17) is 5.11 Å². The molecular weight excluding hydrogens is 239 g/mol. The third-order valence-electron chi connectivity index (χ3n) is 1.69. The molecule has 1 aromatic rings. The Morgan fingerprint density at radius 1 is 1.47 bits per heavy atom. The summed E-state index contributed by atoms with van der Waals surface area (Å²) >= 11 is 0. The van der Waals surface area contributed by atoms with Gasteiger partial charge >= 0.3 is 35.5 Å². The number of benzene rings is 1. The minimum atomic E-state index is -1.44. The fourth-order valence-corrected chi connectivity index (χ4v) is 1.11. The van der Waals surface area contributed by atoms with Crippen molar-refractivity contribution in [2.24, 2.45) is 4.99 Å². The fraction of sp³-hybridized carbons (Fsp3) is 0.111. The van der Waals surface area contributed by atoms with Gasteiger partial charge in [0, 0.05) is 6.07 Å². The van der Waals surface area contributed by atoms with Crippen molar-refractivity contribution in [3.05, 3.63) is 33.9 Å². The van der Waals surface area contributed by atoms with Gasteiger partial charge in [0.1, 0.15) is 5.56 Å². The second-order valence-corrected chi connectivity index (χ2v) is 2.89. The topological polar surface area (TPSA) is 116 Å². The summed E-state index contributed by atoms with van der Waals surface area (Å²) in [5.41, 5.74) is -0.946. The zero-order valence-electron chi connectivity index (χ0n) is 9.21. The molecule has 0 atom stereocenters. The van der Waals surface area contributed by atoms with E-state index in [-0.39, 0.29) is 35.2 Å². The van der Waals surface area contributed by atoms with Gasteiger partial charge in [-0.25, -0.2) is 4.79 Å². The third-order valence-corrected chi connectivity index (χ3v) is 1.69. The number of rotatable bonds is 3. The van der Waals surface area contributed by atoms with E-state index in [1.165, 1.54) is 13.0 Å². The van der Waals surface area contributed by atoms with Crippen LogP contribution in [0.5, 0.6) is 0 Å². The minimum Gasteiger partial charge on any atom is -0.862 e. The van der Waals surface area contributed by atoms with E-state index in [0.29, 0.717) is 0 Å². The Kier molecular flexibility index (Phi) is 5.80. The predicted octanol–water partition coefficient (Wildman–Crippen LogP) is -2.29. The Bertz CT molecular complexity index is 482. The maximum Gasteiger partial charge on any atom is 1.00 e. The Morgan fingerprint density at radius 3 is 2.47 bits per heavy atom. The number of hydrogen-bond donors (Lipinski definition) is 1. The van der Waals surface area contributed by atoms with Crippen LogP contribution in [0.4, 0.5) is 11.4 Å². The number of nitro groups is 1. The van der Waals surface area contributed by atoms with Gasteiger partial charge < -0.3 is 10.2 Å². The van der Waals surface area contributed by atoms with Crippen LogP contribution < -0.4 is 34.7 Å². The molecule has 0 aromatic heterocycles. The monoisotopic (exact) mass is 246 g/mol. The maximum absolute atomic E-state index is 10.7. The molecule has 0 saturated heterocycles. The zero-order chi connectivity index (χ0) is 12.3. The molecule has 0 aliphatic carbocycles.